The topological polar surface area (TPSA) is 50.9 Å². The second-order valence-electron chi connectivity index (χ2n) is 5.10. The van der Waals surface area contributed by atoms with Crippen molar-refractivity contribution in [3.63, 3.8) is 0 Å². The third-order valence-corrected chi connectivity index (χ3v) is 3.68. The molecule has 0 radical (unpaired) electrons. The van der Waals surface area contributed by atoms with Crippen molar-refractivity contribution in [2.24, 2.45) is 0 Å². The zero-order valence-electron chi connectivity index (χ0n) is 11.6. The number of halogens is 3. The average molecular weight is 309 g/mol. The molecule has 0 saturated carbocycles. The Kier molecular flexibility index (Phi) is 3.74. The molecule has 4 nitrogen and oxygen atoms in total. The van der Waals surface area contributed by atoms with Gasteiger partial charge < -0.3 is 5.11 Å². The molecule has 0 saturated heterocycles. The summed E-state index contributed by atoms with van der Waals surface area (Å²) in [7, 11) is 0. The lowest BCUT2D eigenvalue weighted by atomic mass is 9.97. The molecule has 116 valence electrons. The van der Waals surface area contributed by atoms with E-state index in [1.807, 2.05) is 0 Å². The Bertz CT molecular complexity index is 702. The second kappa shape index (κ2) is 5.57. The molecule has 7 heteroatoms. The van der Waals surface area contributed by atoms with Gasteiger partial charge in [-0.05, 0) is 30.5 Å². The Morgan fingerprint density at radius 2 is 1.95 bits per heavy atom. The van der Waals surface area contributed by atoms with E-state index in [-0.39, 0.29) is 6.61 Å². The number of aliphatic hydroxyl groups excluding tert-OH is 1. The first-order valence-electron chi connectivity index (χ1n) is 6.92. The van der Waals surface area contributed by atoms with Gasteiger partial charge in [0.1, 0.15) is 5.69 Å². The number of rotatable bonds is 2. The van der Waals surface area contributed by atoms with Gasteiger partial charge in [0.25, 0.3) is 0 Å². The number of hydrogen-bond donors (Lipinski definition) is 1. The van der Waals surface area contributed by atoms with E-state index < -0.39 is 11.7 Å². The maximum absolute atomic E-state index is 12.6. The Morgan fingerprint density at radius 1 is 1.23 bits per heavy atom. The van der Waals surface area contributed by atoms with E-state index >= 15 is 0 Å². The van der Waals surface area contributed by atoms with E-state index in [9.17, 15) is 13.2 Å². The number of hydrogen-bond acceptors (Lipinski definition) is 3. The first-order valence-corrected chi connectivity index (χ1v) is 6.92. The number of alkyl halides is 3. The van der Waals surface area contributed by atoms with Crippen LogP contribution in [0.5, 0.6) is 0 Å². The van der Waals surface area contributed by atoms with Gasteiger partial charge in [-0.3, -0.25) is 0 Å². The van der Waals surface area contributed by atoms with E-state index in [0.29, 0.717) is 17.8 Å². The summed E-state index contributed by atoms with van der Waals surface area (Å²) < 4.78 is 39.6. The number of aryl methyl sites for hydroxylation is 1. The molecule has 0 aliphatic carbocycles. The van der Waals surface area contributed by atoms with Gasteiger partial charge in [-0.15, -0.1) is 5.10 Å². The molecule has 0 bridgehead atoms. The van der Waals surface area contributed by atoms with Crippen LogP contribution in [0.3, 0.4) is 0 Å². The van der Waals surface area contributed by atoms with Crippen molar-refractivity contribution in [1.82, 2.24) is 15.0 Å². The molecule has 0 atom stereocenters. The molecule has 3 rings (SSSR count). The van der Waals surface area contributed by atoms with Crippen molar-refractivity contribution in [3.05, 3.63) is 41.6 Å². The van der Waals surface area contributed by atoms with Gasteiger partial charge >= 0.3 is 6.18 Å². The number of allylic oxidation sites excluding steroid dienone is 1. The minimum absolute atomic E-state index is 0.0903. The molecule has 1 aliphatic rings. The summed E-state index contributed by atoms with van der Waals surface area (Å²) >= 11 is 0. The van der Waals surface area contributed by atoms with E-state index in [4.69, 9.17) is 5.11 Å². The fraction of sp³-hybridized carbons (Fsp3) is 0.333. The summed E-state index contributed by atoms with van der Waals surface area (Å²) in [5.41, 5.74) is 2.14. The lowest BCUT2D eigenvalue weighted by Gasteiger charge is -2.17. The lowest BCUT2D eigenvalue weighted by molar-refractivity contribution is -0.137. The smallest absolute Gasteiger partial charge is 0.392 e. The summed E-state index contributed by atoms with van der Waals surface area (Å²) in [6, 6.07) is 4.89. The third-order valence-electron chi connectivity index (χ3n) is 3.68. The molecule has 2 aromatic rings. The predicted octanol–water partition coefficient (Wildman–Crippen LogP) is 3.13. The predicted molar refractivity (Wildman–Crippen MR) is 74.8 cm³/mol. The van der Waals surface area contributed by atoms with Gasteiger partial charge in [0, 0.05) is 12.1 Å². The van der Waals surface area contributed by atoms with Crippen molar-refractivity contribution in [3.8, 4) is 11.3 Å². The summed E-state index contributed by atoms with van der Waals surface area (Å²) in [6.07, 6.45) is -0.968. The first kappa shape index (κ1) is 14.8. The Morgan fingerprint density at radius 3 is 2.59 bits per heavy atom. The van der Waals surface area contributed by atoms with Crippen LogP contribution in [0.15, 0.2) is 30.3 Å². The maximum Gasteiger partial charge on any atom is 0.416 e. The largest absolute Gasteiger partial charge is 0.416 e. The Hall–Kier alpha value is -2.15. The fourth-order valence-electron chi connectivity index (χ4n) is 2.65. The quantitative estimate of drug-likeness (QED) is 0.927. The minimum Gasteiger partial charge on any atom is -0.392 e. The standard InChI is InChI=1S/C15H14F3N3O/c16-15(17,18)12-5-3-10(4-6-12)13-14-11(7-9-22)2-1-8-21(14)20-19-13/h3-7,22H,1-2,8-9H2/b11-7+. The lowest BCUT2D eigenvalue weighted by Crippen LogP contribution is -2.11. The van der Waals surface area contributed by atoms with Crippen LogP contribution >= 0.6 is 0 Å². The Labute approximate surface area is 124 Å². The van der Waals surface area contributed by atoms with Crippen LogP contribution in [0, 0.1) is 0 Å². The van der Waals surface area contributed by atoms with Crippen molar-refractivity contribution in [2.45, 2.75) is 25.6 Å². The summed E-state index contributed by atoms with van der Waals surface area (Å²) in [5.74, 6) is 0. The summed E-state index contributed by atoms with van der Waals surface area (Å²) in [5, 5.41) is 17.3. The number of aromatic nitrogens is 3. The van der Waals surface area contributed by atoms with Gasteiger partial charge in [-0.2, -0.15) is 13.2 Å². The van der Waals surface area contributed by atoms with Crippen molar-refractivity contribution < 1.29 is 18.3 Å². The minimum atomic E-state index is -4.35. The van der Waals surface area contributed by atoms with E-state index in [1.54, 1.807) is 10.8 Å². The summed E-state index contributed by atoms with van der Waals surface area (Å²) in [6.45, 7) is 0.624. The highest BCUT2D eigenvalue weighted by Crippen LogP contribution is 2.35. The van der Waals surface area contributed by atoms with Crippen LogP contribution in [-0.4, -0.2) is 26.7 Å². The first-order chi connectivity index (χ1) is 10.5. The highest BCUT2D eigenvalue weighted by molar-refractivity contribution is 5.77. The monoisotopic (exact) mass is 309 g/mol. The molecule has 1 aromatic carbocycles. The van der Waals surface area contributed by atoms with E-state index in [2.05, 4.69) is 10.3 Å². The van der Waals surface area contributed by atoms with Crippen LogP contribution < -0.4 is 0 Å². The molecule has 1 N–H and O–H groups in total. The van der Waals surface area contributed by atoms with Crippen molar-refractivity contribution >= 4 is 5.57 Å². The highest BCUT2D eigenvalue weighted by Gasteiger charge is 2.30. The normalized spacial score (nSPS) is 16.8. The zero-order valence-corrected chi connectivity index (χ0v) is 11.6. The van der Waals surface area contributed by atoms with Crippen LogP contribution in [-0.2, 0) is 12.7 Å². The fourth-order valence-corrected chi connectivity index (χ4v) is 2.65. The van der Waals surface area contributed by atoms with E-state index in [1.165, 1.54) is 12.1 Å². The molecular weight excluding hydrogens is 295 g/mol. The molecule has 0 amide bonds. The average Bonchev–Trinajstić information content (AvgIpc) is 2.92. The molecule has 0 fully saturated rings. The van der Waals surface area contributed by atoms with Crippen LogP contribution in [0.1, 0.15) is 24.1 Å². The van der Waals surface area contributed by atoms with Crippen molar-refractivity contribution in [2.75, 3.05) is 6.61 Å². The molecule has 22 heavy (non-hydrogen) atoms. The Balaban J connectivity index is 2.03. The molecule has 1 aromatic heterocycles. The number of aliphatic hydroxyl groups is 1. The molecule has 0 unspecified atom stereocenters. The number of fused-ring (bicyclic) bond motifs is 1. The van der Waals surface area contributed by atoms with Gasteiger partial charge in [0.05, 0.1) is 17.9 Å². The van der Waals surface area contributed by atoms with E-state index in [0.717, 1.165) is 36.2 Å². The molecule has 0 spiro atoms. The third kappa shape index (κ3) is 2.64. The molecule has 1 aliphatic heterocycles. The van der Waals surface area contributed by atoms with Gasteiger partial charge in [0.2, 0.25) is 0 Å². The second-order valence-corrected chi connectivity index (χ2v) is 5.10. The van der Waals surface area contributed by atoms with Crippen LogP contribution in [0.4, 0.5) is 13.2 Å². The van der Waals surface area contributed by atoms with Crippen LogP contribution in [0.25, 0.3) is 16.8 Å². The van der Waals surface area contributed by atoms with Gasteiger partial charge in [-0.25, -0.2) is 4.68 Å². The van der Waals surface area contributed by atoms with Gasteiger partial charge in [-0.1, -0.05) is 23.4 Å². The van der Waals surface area contributed by atoms with Crippen LogP contribution in [0.2, 0.25) is 0 Å². The number of nitrogens with zero attached hydrogens (tertiary/aromatic N) is 3. The zero-order chi connectivity index (χ0) is 15.7. The SMILES string of the molecule is OC/C=C1\CCCn2nnc(-c3ccc(C(F)(F)F)cc3)c21. The molecule has 2 heterocycles. The van der Waals surface area contributed by atoms with Crippen molar-refractivity contribution in [1.29, 1.82) is 0 Å². The number of benzene rings is 1. The molecular formula is C15H14F3N3O. The van der Waals surface area contributed by atoms with Gasteiger partial charge in [0.15, 0.2) is 0 Å². The summed E-state index contributed by atoms with van der Waals surface area (Å²) in [4.78, 5) is 0. The highest BCUT2D eigenvalue weighted by atomic mass is 19.4. The maximum atomic E-state index is 12.6.